The fraction of sp³-hybridized carbons (Fsp3) is 0.350. The summed E-state index contributed by atoms with van der Waals surface area (Å²) in [6, 6.07) is 18.9. The van der Waals surface area contributed by atoms with Crippen LogP contribution in [0.5, 0.6) is 0 Å². The van der Waals surface area contributed by atoms with Gasteiger partial charge < -0.3 is 14.7 Å². The minimum absolute atomic E-state index is 0.0571. The molecular weight excluding hydrogens is 302 g/mol. The molecule has 1 amide bonds. The maximum Gasteiger partial charge on any atom is 0.233 e. The number of morpholine rings is 1. The minimum Gasteiger partial charge on any atom is -0.384 e. The second kappa shape index (κ2) is 7.16. The zero-order valence-electron chi connectivity index (χ0n) is 13.9. The van der Waals surface area contributed by atoms with E-state index in [4.69, 9.17) is 4.74 Å². The highest BCUT2D eigenvalue weighted by molar-refractivity contribution is 5.85. The Morgan fingerprint density at radius 3 is 2.17 bits per heavy atom. The number of amides is 1. The molecule has 4 nitrogen and oxygen atoms in total. The summed E-state index contributed by atoms with van der Waals surface area (Å²) in [5, 5.41) is 11.3. The van der Waals surface area contributed by atoms with E-state index in [1.807, 2.05) is 60.7 Å². The number of carbonyl (C=O) groups excluding carboxylic acids is 1. The maximum absolute atomic E-state index is 13.2. The molecule has 1 fully saturated rings. The summed E-state index contributed by atoms with van der Waals surface area (Å²) in [5.74, 6) is -0.711. The lowest BCUT2D eigenvalue weighted by molar-refractivity contribution is -0.143. The largest absolute Gasteiger partial charge is 0.384 e. The molecule has 2 atom stereocenters. The Morgan fingerprint density at radius 2 is 1.58 bits per heavy atom. The minimum atomic E-state index is -1.29. The van der Waals surface area contributed by atoms with Gasteiger partial charge in [-0.05, 0) is 18.1 Å². The van der Waals surface area contributed by atoms with E-state index in [0.29, 0.717) is 26.3 Å². The maximum atomic E-state index is 13.2. The van der Waals surface area contributed by atoms with Crippen LogP contribution in [0.2, 0.25) is 0 Å². The smallest absolute Gasteiger partial charge is 0.233 e. The van der Waals surface area contributed by atoms with Crippen LogP contribution in [-0.2, 0) is 15.1 Å². The molecule has 1 aliphatic heterocycles. The molecule has 1 N–H and O–H groups in total. The van der Waals surface area contributed by atoms with E-state index in [0.717, 1.165) is 11.1 Å². The summed E-state index contributed by atoms with van der Waals surface area (Å²) in [5.41, 5.74) is 0.265. The molecular formula is C20H23NO3. The number of benzene rings is 2. The van der Waals surface area contributed by atoms with Crippen LogP contribution < -0.4 is 0 Å². The van der Waals surface area contributed by atoms with Gasteiger partial charge in [0.05, 0.1) is 19.1 Å². The molecule has 3 rings (SSSR count). The highest BCUT2D eigenvalue weighted by atomic mass is 16.5. The second-order valence-electron chi connectivity index (χ2n) is 6.29. The first kappa shape index (κ1) is 16.7. The number of hydrogen-bond donors (Lipinski definition) is 1. The predicted octanol–water partition coefficient (Wildman–Crippen LogP) is 2.54. The molecule has 2 aromatic rings. The summed E-state index contributed by atoms with van der Waals surface area (Å²) in [4.78, 5) is 15.0. The van der Waals surface area contributed by atoms with Gasteiger partial charge in [-0.15, -0.1) is 0 Å². The van der Waals surface area contributed by atoms with Gasteiger partial charge in [-0.3, -0.25) is 4.79 Å². The van der Waals surface area contributed by atoms with Crippen LogP contribution in [0.25, 0.3) is 0 Å². The fourth-order valence-corrected chi connectivity index (χ4v) is 3.26. The van der Waals surface area contributed by atoms with E-state index < -0.39 is 11.5 Å². The molecule has 0 spiro atoms. The van der Waals surface area contributed by atoms with Crippen LogP contribution >= 0.6 is 0 Å². The van der Waals surface area contributed by atoms with Gasteiger partial charge in [0, 0.05) is 13.1 Å². The molecule has 24 heavy (non-hydrogen) atoms. The molecule has 2 aromatic carbocycles. The normalized spacial score (nSPS) is 18.7. The van der Waals surface area contributed by atoms with Gasteiger partial charge in [0.2, 0.25) is 5.91 Å². The number of nitrogens with zero attached hydrogens (tertiary/aromatic N) is 1. The molecule has 0 bridgehead atoms. The molecule has 1 heterocycles. The fourth-order valence-electron chi connectivity index (χ4n) is 3.26. The molecule has 4 heteroatoms. The van der Waals surface area contributed by atoms with Crippen molar-refractivity contribution in [3.63, 3.8) is 0 Å². The van der Waals surface area contributed by atoms with Crippen molar-refractivity contribution in [3.8, 4) is 0 Å². The molecule has 0 unspecified atom stereocenters. The van der Waals surface area contributed by atoms with Crippen LogP contribution in [0.3, 0.4) is 0 Å². The Kier molecular flexibility index (Phi) is 4.97. The topological polar surface area (TPSA) is 49.8 Å². The van der Waals surface area contributed by atoms with Gasteiger partial charge >= 0.3 is 0 Å². The van der Waals surface area contributed by atoms with Crippen molar-refractivity contribution in [2.45, 2.75) is 18.4 Å². The number of rotatable bonds is 4. The van der Waals surface area contributed by atoms with Crippen molar-refractivity contribution < 1.29 is 14.6 Å². The zero-order chi connectivity index (χ0) is 17.0. The Bertz CT molecular complexity index is 664. The van der Waals surface area contributed by atoms with Crippen molar-refractivity contribution in [1.82, 2.24) is 4.90 Å². The highest BCUT2D eigenvalue weighted by Gasteiger charge is 2.42. The average Bonchev–Trinajstić information content (AvgIpc) is 2.64. The van der Waals surface area contributed by atoms with Crippen LogP contribution in [0.1, 0.15) is 24.0 Å². The average molecular weight is 325 g/mol. The molecule has 1 aliphatic rings. The first-order valence-electron chi connectivity index (χ1n) is 8.30. The van der Waals surface area contributed by atoms with Gasteiger partial charge in [0.1, 0.15) is 5.60 Å². The summed E-state index contributed by atoms with van der Waals surface area (Å²) in [6.45, 7) is 3.93. The van der Waals surface area contributed by atoms with Crippen molar-refractivity contribution in [1.29, 1.82) is 0 Å². The van der Waals surface area contributed by atoms with Crippen LogP contribution in [-0.4, -0.2) is 42.2 Å². The van der Waals surface area contributed by atoms with E-state index in [2.05, 4.69) is 0 Å². The highest BCUT2D eigenvalue weighted by Crippen LogP contribution is 2.38. The first-order valence-corrected chi connectivity index (χ1v) is 8.30. The molecule has 0 aromatic heterocycles. The Labute approximate surface area is 142 Å². The van der Waals surface area contributed by atoms with Gasteiger partial charge in [0.15, 0.2) is 0 Å². The number of hydrogen-bond acceptors (Lipinski definition) is 3. The van der Waals surface area contributed by atoms with E-state index in [9.17, 15) is 9.90 Å². The molecule has 126 valence electrons. The lowest BCUT2D eigenvalue weighted by Gasteiger charge is -2.37. The lowest BCUT2D eigenvalue weighted by Crippen LogP contribution is -2.48. The molecule has 0 aliphatic carbocycles. The molecule has 0 radical (unpaired) electrons. The summed E-state index contributed by atoms with van der Waals surface area (Å²) in [7, 11) is 0. The van der Waals surface area contributed by atoms with Gasteiger partial charge in [-0.1, -0.05) is 60.7 Å². The first-order chi connectivity index (χ1) is 11.6. The molecule has 0 saturated carbocycles. The lowest BCUT2D eigenvalue weighted by atomic mass is 9.77. The Hall–Kier alpha value is -2.17. The van der Waals surface area contributed by atoms with E-state index in [1.54, 1.807) is 11.8 Å². The van der Waals surface area contributed by atoms with Crippen molar-refractivity contribution >= 4 is 5.91 Å². The summed E-state index contributed by atoms with van der Waals surface area (Å²) < 4.78 is 5.35. The Morgan fingerprint density at radius 1 is 1.04 bits per heavy atom. The van der Waals surface area contributed by atoms with E-state index in [-0.39, 0.29) is 5.91 Å². The van der Waals surface area contributed by atoms with Crippen LogP contribution in [0.4, 0.5) is 0 Å². The van der Waals surface area contributed by atoms with Crippen LogP contribution in [0, 0.1) is 0 Å². The monoisotopic (exact) mass is 325 g/mol. The standard InChI is InChI=1S/C20H23NO3/c1-20(23,17-10-6-3-7-11-17)18(16-8-4-2-5-9-16)19(22)21-12-14-24-15-13-21/h2-11,18,23H,12-15H2,1H3/t18-,20-/m1/s1. The van der Waals surface area contributed by atoms with Gasteiger partial charge in [-0.2, -0.15) is 0 Å². The van der Waals surface area contributed by atoms with E-state index >= 15 is 0 Å². The van der Waals surface area contributed by atoms with Crippen molar-refractivity contribution in [2.24, 2.45) is 0 Å². The number of aliphatic hydroxyl groups is 1. The van der Waals surface area contributed by atoms with Crippen molar-refractivity contribution in [3.05, 3.63) is 71.8 Å². The third kappa shape index (κ3) is 3.35. The zero-order valence-corrected chi connectivity index (χ0v) is 13.9. The van der Waals surface area contributed by atoms with Crippen molar-refractivity contribution in [2.75, 3.05) is 26.3 Å². The SMILES string of the molecule is C[C@@](O)(c1ccccc1)[C@@H](C(=O)N1CCOCC1)c1ccccc1. The second-order valence-corrected chi connectivity index (χ2v) is 6.29. The summed E-state index contributed by atoms with van der Waals surface area (Å²) in [6.07, 6.45) is 0. The predicted molar refractivity (Wildman–Crippen MR) is 92.6 cm³/mol. The quantitative estimate of drug-likeness (QED) is 0.940. The Balaban J connectivity index is 2.00. The van der Waals surface area contributed by atoms with Gasteiger partial charge in [-0.25, -0.2) is 0 Å². The third-order valence-electron chi connectivity index (χ3n) is 4.62. The summed E-state index contributed by atoms with van der Waals surface area (Å²) >= 11 is 0. The van der Waals surface area contributed by atoms with Crippen LogP contribution in [0.15, 0.2) is 60.7 Å². The number of carbonyl (C=O) groups is 1. The van der Waals surface area contributed by atoms with E-state index in [1.165, 1.54) is 0 Å². The van der Waals surface area contributed by atoms with Gasteiger partial charge in [0.25, 0.3) is 0 Å². The molecule has 1 saturated heterocycles. The number of ether oxygens (including phenoxy) is 1. The third-order valence-corrected chi connectivity index (χ3v) is 4.62.